The Morgan fingerprint density at radius 1 is 0.404 bits per heavy atom. The number of para-hydroxylation sites is 1. The average Bonchev–Trinajstić information content (AvgIpc) is 3.15. The number of benzene rings is 7. The largest absolute Gasteiger partial charge is 0.311 e. The molecule has 0 fully saturated rings. The Morgan fingerprint density at radius 2 is 0.846 bits per heavy atom. The maximum atomic E-state index is 2.41. The molecule has 0 aliphatic heterocycles. The quantitative estimate of drug-likeness (QED) is 0.150. The van der Waals surface area contributed by atoms with E-state index >= 15 is 0 Å². The number of hydrogen-bond donors (Lipinski definition) is 0. The van der Waals surface area contributed by atoms with Crippen molar-refractivity contribution < 1.29 is 0 Å². The Bertz CT molecular complexity index is 2200. The summed E-state index contributed by atoms with van der Waals surface area (Å²) in [5.41, 5.74) is 11.0. The van der Waals surface area contributed by atoms with E-state index in [1.807, 2.05) is 0 Å². The van der Waals surface area contributed by atoms with E-state index in [1.165, 1.54) is 27.5 Å². The summed E-state index contributed by atoms with van der Waals surface area (Å²) < 4.78 is 0. The molecule has 0 bridgehead atoms. The first-order chi connectivity index (χ1) is 25.0. The molecule has 0 amide bonds. The molecule has 0 aliphatic rings. The minimum atomic E-state index is 0.159. The molecule has 0 saturated heterocycles. The van der Waals surface area contributed by atoms with Gasteiger partial charge in [0.1, 0.15) is 0 Å². The zero-order chi connectivity index (χ0) is 36.3. The Morgan fingerprint density at radius 3 is 1.42 bits per heavy atom. The third kappa shape index (κ3) is 7.67. The van der Waals surface area contributed by atoms with Gasteiger partial charge in [-0.2, -0.15) is 0 Å². The van der Waals surface area contributed by atoms with E-state index in [9.17, 15) is 0 Å². The van der Waals surface area contributed by atoms with Gasteiger partial charge in [0.2, 0.25) is 0 Å². The van der Waals surface area contributed by atoms with Crippen molar-refractivity contribution in [3.63, 3.8) is 0 Å². The highest BCUT2D eigenvalue weighted by atomic mass is 15.2. The molecule has 0 spiro atoms. The second-order valence-electron chi connectivity index (χ2n) is 16.2. The fourth-order valence-corrected chi connectivity index (χ4v) is 7.43. The van der Waals surface area contributed by atoms with E-state index in [2.05, 4.69) is 227 Å². The minimum Gasteiger partial charge on any atom is -0.311 e. The summed E-state index contributed by atoms with van der Waals surface area (Å²) in [4.78, 5) is 4.74. The van der Waals surface area contributed by atoms with Crippen molar-refractivity contribution in [1.82, 2.24) is 0 Å². The van der Waals surface area contributed by atoms with Crippen molar-refractivity contribution in [1.29, 1.82) is 0 Å². The van der Waals surface area contributed by atoms with Gasteiger partial charge >= 0.3 is 0 Å². The lowest BCUT2D eigenvalue weighted by Gasteiger charge is -2.36. The van der Waals surface area contributed by atoms with Crippen LogP contribution in [0.1, 0.15) is 59.4 Å². The molecule has 2 nitrogen and oxygen atoms in total. The van der Waals surface area contributed by atoms with Crippen LogP contribution in [0.2, 0.25) is 0 Å². The molecule has 1 atom stereocenters. The third-order valence-electron chi connectivity index (χ3n) is 10.0. The van der Waals surface area contributed by atoms with Gasteiger partial charge in [0.05, 0.1) is 5.69 Å². The molecule has 1 unspecified atom stereocenters. The number of anilines is 6. The normalized spacial score (nSPS) is 12.4. The Kier molecular flexibility index (Phi) is 9.75. The monoisotopic (exact) mass is 678 g/mol. The number of hydrogen-bond acceptors (Lipinski definition) is 2. The van der Waals surface area contributed by atoms with E-state index in [0.717, 1.165) is 40.5 Å². The SMILES string of the molecule is CC(C)(C)CC(c1ccc(N(c2ccc(N(c3ccccc3)c3ccc(-c4ccccc4)cc3)cc2)c2cccc3ccccc23)cc1)C(C)(C)C. The summed E-state index contributed by atoms with van der Waals surface area (Å²) in [7, 11) is 0. The van der Waals surface area contributed by atoms with Crippen molar-refractivity contribution in [2.75, 3.05) is 9.80 Å². The van der Waals surface area contributed by atoms with E-state index in [4.69, 9.17) is 0 Å². The van der Waals surface area contributed by atoms with Crippen LogP contribution in [-0.2, 0) is 0 Å². The summed E-state index contributed by atoms with van der Waals surface area (Å²) in [6.45, 7) is 14.2. The highest BCUT2D eigenvalue weighted by molar-refractivity contribution is 5.99. The van der Waals surface area contributed by atoms with Crippen LogP contribution in [0.3, 0.4) is 0 Å². The summed E-state index contributed by atoms with van der Waals surface area (Å²) >= 11 is 0. The standard InChI is InChI=1S/C50H50N2/c1-49(2,3)36-47(50(4,5)6)40-26-30-44(31-27-40)52(48-23-15-19-39-18-13-14-22-46(39)48)45-34-32-43(33-35-45)51(41-20-11-8-12-21-41)42-28-24-38(25-29-42)37-16-9-7-10-17-37/h7-35,47H,36H2,1-6H3. The predicted octanol–water partition coefficient (Wildman–Crippen LogP) is 15.0. The molecule has 0 aromatic heterocycles. The molecule has 0 N–H and O–H groups in total. The van der Waals surface area contributed by atoms with Crippen LogP contribution >= 0.6 is 0 Å². The lowest BCUT2D eigenvalue weighted by Crippen LogP contribution is -2.23. The zero-order valence-electron chi connectivity index (χ0n) is 31.4. The van der Waals surface area contributed by atoms with Crippen molar-refractivity contribution in [2.45, 2.75) is 53.9 Å². The molecule has 260 valence electrons. The smallest absolute Gasteiger partial charge is 0.0540 e. The summed E-state index contributed by atoms with van der Waals surface area (Å²) in [5, 5.41) is 2.45. The van der Waals surface area contributed by atoms with Gasteiger partial charge in [-0.3, -0.25) is 0 Å². The van der Waals surface area contributed by atoms with Gasteiger partial charge < -0.3 is 9.80 Å². The average molecular weight is 679 g/mol. The van der Waals surface area contributed by atoms with Crippen LogP contribution in [-0.4, -0.2) is 0 Å². The first kappa shape index (κ1) is 34.8. The Balaban J connectivity index is 1.30. The maximum absolute atomic E-state index is 2.41. The van der Waals surface area contributed by atoms with Gasteiger partial charge in [-0.1, -0.05) is 151 Å². The maximum Gasteiger partial charge on any atom is 0.0540 e. The first-order valence-electron chi connectivity index (χ1n) is 18.5. The fraction of sp³-hybridized carbons (Fsp3) is 0.200. The topological polar surface area (TPSA) is 6.48 Å². The molecule has 7 aromatic carbocycles. The van der Waals surface area contributed by atoms with Crippen LogP contribution in [0.5, 0.6) is 0 Å². The number of nitrogens with zero attached hydrogens (tertiary/aromatic N) is 2. The molecular formula is C50H50N2. The van der Waals surface area contributed by atoms with E-state index in [1.54, 1.807) is 0 Å². The van der Waals surface area contributed by atoms with Crippen LogP contribution in [0.25, 0.3) is 21.9 Å². The summed E-state index contributed by atoms with van der Waals surface area (Å²) in [5.74, 6) is 0.456. The lowest BCUT2D eigenvalue weighted by molar-refractivity contribution is 0.229. The predicted molar refractivity (Wildman–Crippen MR) is 225 cm³/mol. The van der Waals surface area contributed by atoms with Crippen LogP contribution in [0, 0.1) is 10.8 Å². The van der Waals surface area contributed by atoms with Crippen molar-refractivity contribution >= 4 is 44.9 Å². The molecule has 7 aromatic rings. The van der Waals surface area contributed by atoms with Gasteiger partial charge in [-0.15, -0.1) is 0 Å². The first-order valence-corrected chi connectivity index (χ1v) is 18.5. The van der Waals surface area contributed by atoms with Gasteiger partial charge in [-0.25, -0.2) is 0 Å². The zero-order valence-corrected chi connectivity index (χ0v) is 31.4. The molecule has 0 radical (unpaired) electrons. The van der Waals surface area contributed by atoms with E-state index in [0.29, 0.717) is 5.92 Å². The highest BCUT2D eigenvalue weighted by Crippen LogP contribution is 2.45. The molecule has 7 rings (SSSR count). The van der Waals surface area contributed by atoms with Crippen molar-refractivity contribution in [3.05, 3.63) is 181 Å². The highest BCUT2D eigenvalue weighted by Gasteiger charge is 2.30. The fourth-order valence-electron chi connectivity index (χ4n) is 7.43. The van der Waals surface area contributed by atoms with E-state index < -0.39 is 0 Å². The number of rotatable bonds is 9. The van der Waals surface area contributed by atoms with Gasteiger partial charge in [0.25, 0.3) is 0 Å². The summed E-state index contributed by atoms with van der Waals surface area (Å²) in [6.07, 6.45) is 1.14. The second-order valence-corrected chi connectivity index (χ2v) is 16.2. The third-order valence-corrected chi connectivity index (χ3v) is 10.0. The summed E-state index contributed by atoms with van der Waals surface area (Å²) in [6, 6.07) is 63.7. The van der Waals surface area contributed by atoms with Gasteiger partial charge in [0, 0.05) is 33.8 Å². The molecular weight excluding hydrogens is 629 g/mol. The Hall–Kier alpha value is -5.60. The van der Waals surface area contributed by atoms with E-state index in [-0.39, 0.29) is 10.8 Å². The van der Waals surface area contributed by atoms with Crippen LogP contribution in [0.15, 0.2) is 176 Å². The Labute approximate surface area is 311 Å². The second kappa shape index (κ2) is 14.6. The molecule has 0 heterocycles. The minimum absolute atomic E-state index is 0.159. The molecule has 0 saturated carbocycles. The van der Waals surface area contributed by atoms with Gasteiger partial charge in [-0.05, 0) is 112 Å². The molecule has 2 heteroatoms. The van der Waals surface area contributed by atoms with Crippen LogP contribution in [0.4, 0.5) is 34.1 Å². The van der Waals surface area contributed by atoms with Crippen LogP contribution < -0.4 is 9.80 Å². The number of fused-ring (bicyclic) bond motifs is 1. The molecule has 0 aliphatic carbocycles. The van der Waals surface area contributed by atoms with Gasteiger partial charge in [0.15, 0.2) is 0 Å². The molecule has 52 heavy (non-hydrogen) atoms. The van der Waals surface area contributed by atoms with Crippen molar-refractivity contribution in [2.24, 2.45) is 10.8 Å². The lowest BCUT2D eigenvalue weighted by atomic mass is 9.69. The van der Waals surface area contributed by atoms with Crippen molar-refractivity contribution in [3.8, 4) is 11.1 Å².